The van der Waals surface area contributed by atoms with Gasteiger partial charge in [0.15, 0.2) is 0 Å². The molecule has 2 nitrogen and oxygen atoms in total. The number of rotatable bonds is 2. The van der Waals surface area contributed by atoms with Crippen LogP contribution in [0.4, 0.5) is 0 Å². The van der Waals surface area contributed by atoms with Crippen LogP contribution in [0.5, 0.6) is 0 Å². The third-order valence-electron chi connectivity index (χ3n) is 2.52. The number of likely N-dealkylation sites (tertiary alicyclic amines) is 1. The summed E-state index contributed by atoms with van der Waals surface area (Å²) in [6.07, 6.45) is 1.20. The summed E-state index contributed by atoms with van der Waals surface area (Å²) in [5.74, 6) is 1.27. The molecule has 1 aliphatic heterocycles. The lowest BCUT2D eigenvalue weighted by atomic mass is 9.95. The molecule has 0 aromatic rings. The van der Waals surface area contributed by atoms with Gasteiger partial charge in [0.1, 0.15) is 0 Å². The van der Waals surface area contributed by atoms with Gasteiger partial charge in [-0.2, -0.15) is 0 Å². The molecule has 0 aliphatic carbocycles. The molecule has 0 aromatic carbocycles. The van der Waals surface area contributed by atoms with E-state index in [1.807, 2.05) is 0 Å². The molecule has 0 bridgehead atoms. The van der Waals surface area contributed by atoms with E-state index >= 15 is 0 Å². The summed E-state index contributed by atoms with van der Waals surface area (Å²) in [4.78, 5) is 2.30. The lowest BCUT2D eigenvalue weighted by Gasteiger charge is -2.12. The number of nitrogens with zero attached hydrogens (tertiary/aromatic N) is 1. The fraction of sp³-hybridized carbons (Fsp3) is 1.00. The average molecular weight is 143 g/mol. The summed E-state index contributed by atoms with van der Waals surface area (Å²) in [5.41, 5.74) is 0. The van der Waals surface area contributed by atoms with Crippen LogP contribution in [-0.4, -0.2) is 36.8 Å². The summed E-state index contributed by atoms with van der Waals surface area (Å²) in [6.45, 7) is 4.81. The molecule has 1 N–H and O–H groups in total. The van der Waals surface area contributed by atoms with Crippen LogP contribution in [0.25, 0.3) is 0 Å². The number of hydrogen-bond acceptors (Lipinski definition) is 2. The fourth-order valence-electron chi connectivity index (χ4n) is 1.84. The fourth-order valence-corrected chi connectivity index (χ4v) is 1.84. The molecular formula is C8H17NO. The Bertz CT molecular complexity index is 93.4. The first-order valence-corrected chi connectivity index (χ1v) is 4.07. The van der Waals surface area contributed by atoms with Crippen LogP contribution in [0.15, 0.2) is 0 Å². The van der Waals surface area contributed by atoms with Crippen molar-refractivity contribution in [3.8, 4) is 0 Å². The summed E-state index contributed by atoms with van der Waals surface area (Å²) in [6, 6.07) is 0. The van der Waals surface area contributed by atoms with Crippen molar-refractivity contribution in [1.29, 1.82) is 0 Å². The second-order valence-corrected chi connectivity index (χ2v) is 3.33. The Kier molecular flexibility index (Phi) is 2.69. The second kappa shape index (κ2) is 3.35. The van der Waals surface area contributed by atoms with Crippen LogP contribution in [0, 0.1) is 11.8 Å². The highest BCUT2D eigenvalue weighted by Gasteiger charge is 2.28. The molecule has 2 heteroatoms. The van der Waals surface area contributed by atoms with Crippen LogP contribution >= 0.6 is 0 Å². The minimum absolute atomic E-state index is 0.364. The van der Waals surface area contributed by atoms with E-state index in [4.69, 9.17) is 5.11 Å². The second-order valence-electron chi connectivity index (χ2n) is 3.33. The van der Waals surface area contributed by atoms with E-state index in [1.165, 1.54) is 13.0 Å². The van der Waals surface area contributed by atoms with Crippen molar-refractivity contribution < 1.29 is 5.11 Å². The first-order chi connectivity index (χ1) is 4.77. The van der Waals surface area contributed by atoms with E-state index in [0.29, 0.717) is 12.5 Å². The summed E-state index contributed by atoms with van der Waals surface area (Å²) >= 11 is 0. The van der Waals surface area contributed by atoms with Gasteiger partial charge in [-0.25, -0.2) is 0 Å². The zero-order valence-electron chi connectivity index (χ0n) is 6.88. The third-order valence-corrected chi connectivity index (χ3v) is 2.52. The lowest BCUT2D eigenvalue weighted by molar-refractivity contribution is 0.200. The zero-order valence-corrected chi connectivity index (χ0v) is 6.88. The lowest BCUT2D eigenvalue weighted by Crippen LogP contribution is -2.16. The topological polar surface area (TPSA) is 23.5 Å². The molecule has 0 spiro atoms. The Morgan fingerprint density at radius 2 is 2.00 bits per heavy atom. The zero-order chi connectivity index (χ0) is 7.56. The van der Waals surface area contributed by atoms with Crippen molar-refractivity contribution >= 4 is 0 Å². The van der Waals surface area contributed by atoms with E-state index < -0.39 is 0 Å². The molecule has 60 valence electrons. The monoisotopic (exact) mass is 143 g/mol. The van der Waals surface area contributed by atoms with Gasteiger partial charge in [0, 0.05) is 19.7 Å². The van der Waals surface area contributed by atoms with Crippen molar-refractivity contribution in [3.05, 3.63) is 0 Å². The third kappa shape index (κ3) is 1.50. The van der Waals surface area contributed by atoms with Crippen LogP contribution in [-0.2, 0) is 0 Å². The maximum Gasteiger partial charge on any atom is 0.0474 e. The Labute approximate surface area is 62.8 Å². The first-order valence-electron chi connectivity index (χ1n) is 4.07. The SMILES string of the molecule is CCC1CN(C)CC1CO. The van der Waals surface area contributed by atoms with E-state index in [0.717, 1.165) is 12.5 Å². The molecule has 1 saturated heterocycles. The van der Waals surface area contributed by atoms with Crippen LogP contribution in [0.1, 0.15) is 13.3 Å². The van der Waals surface area contributed by atoms with Crippen LogP contribution in [0.2, 0.25) is 0 Å². The van der Waals surface area contributed by atoms with Gasteiger partial charge in [0.2, 0.25) is 0 Å². The molecule has 1 aliphatic rings. The van der Waals surface area contributed by atoms with Gasteiger partial charge in [0.25, 0.3) is 0 Å². The van der Waals surface area contributed by atoms with Gasteiger partial charge in [-0.1, -0.05) is 13.3 Å². The van der Waals surface area contributed by atoms with E-state index in [-0.39, 0.29) is 0 Å². The molecule has 1 fully saturated rings. The van der Waals surface area contributed by atoms with E-state index in [2.05, 4.69) is 18.9 Å². The van der Waals surface area contributed by atoms with Crippen LogP contribution < -0.4 is 0 Å². The summed E-state index contributed by atoms with van der Waals surface area (Å²) < 4.78 is 0. The smallest absolute Gasteiger partial charge is 0.0474 e. The quantitative estimate of drug-likeness (QED) is 0.611. The van der Waals surface area contributed by atoms with Crippen molar-refractivity contribution in [2.45, 2.75) is 13.3 Å². The van der Waals surface area contributed by atoms with Gasteiger partial charge >= 0.3 is 0 Å². The standard InChI is InChI=1S/C8H17NO/c1-3-7-4-9(2)5-8(7)6-10/h7-8,10H,3-6H2,1-2H3. The predicted molar refractivity (Wildman–Crippen MR) is 41.9 cm³/mol. The van der Waals surface area contributed by atoms with Gasteiger partial charge in [-0.15, -0.1) is 0 Å². The number of hydrogen-bond donors (Lipinski definition) is 1. The average Bonchev–Trinajstić information content (AvgIpc) is 2.30. The molecule has 0 aromatic heterocycles. The Morgan fingerprint density at radius 3 is 2.40 bits per heavy atom. The predicted octanol–water partition coefficient (Wildman–Crippen LogP) is 0.567. The highest BCUT2D eigenvalue weighted by Crippen LogP contribution is 2.23. The van der Waals surface area contributed by atoms with Crippen LogP contribution in [0.3, 0.4) is 0 Å². The molecule has 0 saturated carbocycles. The van der Waals surface area contributed by atoms with Crippen molar-refractivity contribution in [1.82, 2.24) is 4.90 Å². The largest absolute Gasteiger partial charge is 0.396 e. The van der Waals surface area contributed by atoms with Gasteiger partial charge < -0.3 is 10.0 Å². The normalized spacial score (nSPS) is 35.1. The summed E-state index contributed by atoms with van der Waals surface area (Å²) in [5, 5.41) is 8.96. The minimum atomic E-state index is 0.364. The molecule has 0 radical (unpaired) electrons. The van der Waals surface area contributed by atoms with E-state index in [9.17, 15) is 0 Å². The highest BCUT2D eigenvalue weighted by atomic mass is 16.3. The van der Waals surface area contributed by atoms with Crippen molar-refractivity contribution in [2.24, 2.45) is 11.8 Å². The van der Waals surface area contributed by atoms with Crippen molar-refractivity contribution in [3.63, 3.8) is 0 Å². The number of aliphatic hydroxyl groups excluding tert-OH is 1. The summed E-state index contributed by atoms with van der Waals surface area (Å²) in [7, 11) is 2.12. The Balaban J connectivity index is 2.41. The molecule has 2 atom stereocenters. The van der Waals surface area contributed by atoms with E-state index in [1.54, 1.807) is 0 Å². The molecule has 10 heavy (non-hydrogen) atoms. The Hall–Kier alpha value is -0.0800. The van der Waals surface area contributed by atoms with Gasteiger partial charge in [-0.05, 0) is 18.9 Å². The first kappa shape index (κ1) is 8.02. The minimum Gasteiger partial charge on any atom is -0.396 e. The maximum atomic E-state index is 8.96. The molecule has 1 heterocycles. The molecule has 2 unspecified atom stereocenters. The molecular weight excluding hydrogens is 126 g/mol. The molecule has 0 amide bonds. The maximum absolute atomic E-state index is 8.96. The Morgan fingerprint density at radius 1 is 1.40 bits per heavy atom. The highest BCUT2D eigenvalue weighted by molar-refractivity contribution is 4.80. The van der Waals surface area contributed by atoms with Crippen molar-refractivity contribution in [2.75, 3.05) is 26.7 Å². The number of aliphatic hydroxyl groups is 1. The van der Waals surface area contributed by atoms with Gasteiger partial charge in [-0.3, -0.25) is 0 Å². The molecule has 1 rings (SSSR count). The van der Waals surface area contributed by atoms with Gasteiger partial charge in [0.05, 0.1) is 0 Å².